The summed E-state index contributed by atoms with van der Waals surface area (Å²) in [6.07, 6.45) is -0.444. The zero-order chi connectivity index (χ0) is 22.4. The van der Waals surface area contributed by atoms with Crippen molar-refractivity contribution in [1.82, 2.24) is 5.32 Å². The van der Waals surface area contributed by atoms with Crippen LogP contribution in [0.25, 0.3) is 10.8 Å². The second-order valence-corrected chi connectivity index (χ2v) is 7.54. The lowest BCUT2D eigenvalue weighted by atomic mass is 10.0. The second-order valence-electron chi connectivity index (χ2n) is 7.54. The van der Waals surface area contributed by atoms with Crippen LogP contribution >= 0.6 is 0 Å². The lowest BCUT2D eigenvalue weighted by Gasteiger charge is -2.19. The van der Waals surface area contributed by atoms with Crippen molar-refractivity contribution in [3.8, 4) is 0 Å². The lowest BCUT2D eigenvalue weighted by molar-refractivity contribution is -0.385. The Bertz CT molecular complexity index is 1110. The summed E-state index contributed by atoms with van der Waals surface area (Å²) in [4.78, 5) is 36.0. The molecule has 3 rings (SSSR count). The predicted octanol–water partition coefficient (Wildman–Crippen LogP) is 4.49. The molecule has 0 aliphatic rings. The maximum atomic E-state index is 12.8. The molecule has 3 aromatic rings. The van der Waals surface area contributed by atoms with Gasteiger partial charge in [0.15, 0.2) is 0 Å². The van der Waals surface area contributed by atoms with Crippen molar-refractivity contribution in [3.63, 3.8) is 0 Å². The molecule has 1 atom stereocenters. The van der Waals surface area contributed by atoms with Gasteiger partial charge < -0.3 is 10.1 Å². The van der Waals surface area contributed by atoms with Crippen molar-refractivity contribution in [3.05, 3.63) is 88.0 Å². The molecule has 0 bridgehead atoms. The first kappa shape index (κ1) is 22.0. The summed E-state index contributed by atoms with van der Waals surface area (Å²) < 4.78 is 5.19. The number of nitrogens with one attached hydrogen (secondary N) is 1. The van der Waals surface area contributed by atoms with Gasteiger partial charge in [0, 0.05) is 6.07 Å². The van der Waals surface area contributed by atoms with E-state index < -0.39 is 16.9 Å². The number of amides is 1. The van der Waals surface area contributed by atoms with Gasteiger partial charge >= 0.3 is 5.97 Å². The topological polar surface area (TPSA) is 98.5 Å². The molecule has 0 fully saturated rings. The van der Waals surface area contributed by atoms with Crippen molar-refractivity contribution in [2.75, 3.05) is 0 Å². The minimum Gasteiger partial charge on any atom is -0.463 e. The van der Waals surface area contributed by atoms with E-state index in [2.05, 4.69) is 5.32 Å². The Morgan fingerprint density at radius 3 is 2.39 bits per heavy atom. The van der Waals surface area contributed by atoms with E-state index in [4.69, 9.17) is 4.74 Å². The number of carbonyl (C=O) groups is 2. The number of hydrogen-bond donors (Lipinski definition) is 1. The van der Waals surface area contributed by atoms with Gasteiger partial charge in [-0.3, -0.25) is 19.7 Å². The highest BCUT2D eigenvalue weighted by Gasteiger charge is 2.26. The summed E-state index contributed by atoms with van der Waals surface area (Å²) in [5.74, 6) is -0.875. The zero-order valence-electron chi connectivity index (χ0n) is 17.4. The highest BCUT2D eigenvalue weighted by atomic mass is 16.6. The summed E-state index contributed by atoms with van der Waals surface area (Å²) in [5.41, 5.74) is 0.915. The van der Waals surface area contributed by atoms with E-state index in [-0.39, 0.29) is 36.1 Å². The van der Waals surface area contributed by atoms with Crippen LogP contribution in [0.5, 0.6) is 0 Å². The quantitative estimate of drug-likeness (QED) is 0.329. The molecule has 0 aliphatic carbocycles. The Hall–Kier alpha value is -3.74. The number of nitro groups is 1. The van der Waals surface area contributed by atoms with Gasteiger partial charge in [-0.2, -0.15) is 0 Å². The van der Waals surface area contributed by atoms with E-state index in [9.17, 15) is 19.7 Å². The molecule has 3 aromatic carbocycles. The van der Waals surface area contributed by atoms with Gasteiger partial charge in [0.2, 0.25) is 5.91 Å². The van der Waals surface area contributed by atoms with Gasteiger partial charge in [0.25, 0.3) is 5.69 Å². The molecule has 0 saturated heterocycles. The number of nitrogens with zero attached hydrogens (tertiary/aromatic N) is 1. The number of rotatable bonds is 8. The van der Waals surface area contributed by atoms with Crippen LogP contribution in [0, 0.1) is 10.1 Å². The van der Waals surface area contributed by atoms with Crippen LogP contribution in [0.3, 0.4) is 0 Å². The normalized spacial score (nSPS) is 11.8. The average Bonchev–Trinajstić information content (AvgIpc) is 2.72. The molecular formula is C24H24N2O5. The number of carbonyl (C=O) groups excluding carboxylic acids is 2. The maximum absolute atomic E-state index is 12.8. The molecule has 0 spiro atoms. The zero-order valence-corrected chi connectivity index (χ0v) is 17.4. The number of ether oxygens (including phenoxy) is 1. The van der Waals surface area contributed by atoms with Crippen molar-refractivity contribution < 1.29 is 19.2 Å². The van der Waals surface area contributed by atoms with Crippen LogP contribution < -0.4 is 5.32 Å². The van der Waals surface area contributed by atoms with Gasteiger partial charge in [-0.05, 0) is 30.2 Å². The van der Waals surface area contributed by atoms with E-state index >= 15 is 0 Å². The highest BCUT2D eigenvalue weighted by molar-refractivity contribution is 5.86. The van der Waals surface area contributed by atoms with E-state index in [1.54, 1.807) is 32.0 Å². The third kappa shape index (κ3) is 5.88. The third-order valence-corrected chi connectivity index (χ3v) is 4.76. The smallest absolute Gasteiger partial charge is 0.308 e. The fourth-order valence-electron chi connectivity index (χ4n) is 3.44. The van der Waals surface area contributed by atoms with Gasteiger partial charge in [0.1, 0.15) is 0 Å². The Morgan fingerprint density at radius 1 is 1.00 bits per heavy atom. The summed E-state index contributed by atoms with van der Waals surface area (Å²) in [6, 6.07) is 18.8. The number of nitro benzene ring substituents is 1. The molecule has 7 heteroatoms. The molecule has 0 heterocycles. The monoisotopic (exact) mass is 420 g/mol. The average molecular weight is 420 g/mol. The standard InChI is InChI=1S/C24H24N2O5/c1-16(2)31-24(28)15-21(20-9-5-6-10-22(20)26(29)30)25-23(27)14-17-11-12-18-7-3-4-8-19(18)13-17/h3-13,16,21H,14-15H2,1-2H3,(H,25,27). The maximum Gasteiger partial charge on any atom is 0.308 e. The molecule has 0 saturated carbocycles. The van der Waals surface area contributed by atoms with E-state index in [0.29, 0.717) is 0 Å². The first-order chi connectivity index (χ1) is 14.8. The first-order valence-corrected chi connectivity index (χ1v) is 10.0. The molecular weight excluding hydrogens is 396 g/mol. The Labute approximate surface area is 180 Å². The number of benzene rings is 3. The third-order valence-electron chi connectivity index (χ3n) is 4.76. The Morgan fingerprint density at radius 2 is 1.68 bits per heavy atom. The van der Waals surface area contributed by atoms with Gasteiger partial charge in [0.05, 0.1) is 35.5 Å². The fraction of sp³-hybridized carbons (Fsp3) is 0.250. The van der Waals surface area contributed by atoms with Gasteiger partial charge in [-0.15, -0.1) is 0 Å². The first-order valence-electron chi connectivity index (χ1n) is 10.0. The molecule has 1 unspecified atom stereocenters. The summed E-state index contributed by atoms with van der Waals surface area (Å²) in [7, 11) is 0. The molecule has 0 aromatic heterocycles. The Balaban J connectivity index is 1.82. The van der Waals surface area contributed by atoms with Crippen LogP contribution in [-0.2, 0) is 20.7 Å². The van der Waals surface area contributed by atoms with Crippen LogP contribution in [0.4, 0.5) is 5.69 Å². The fourth-order valence-corrected chi connectivity index (χ4v) is 3.44. The van der Waals surface area contributed by atoms with Crippen molar-refractivity contribution in [2.24, 2.45) is 0 Å². The van der Waals surface area contributed by atoms with Crippen molar-refractivity contribution >= 4 is 28.3 Å². The number of fused-ring (bicyclic) bond motifs is 1. The molecule has 160 valence electrons. The predicted molar refractivity (Wildman–Crippen MR) is 117 cm³/mol. The lowest BCUT2D eigenvalue weighted by Crippen LogP contribution is -2.32. The van der Waals surface area contributed by atoms with E-state index in [0.717, 1.165) is 16.3 Å². The minimum atomic E-state index is -0.874. The molecule has 31 heavy (non-hydrogen) atoms. The summed E-state index contributed by atoms with van der Waals surface area (Å²) >= 11 is 0. The van der Waals surface area contributed by atoms with Gasteiger partial charge in [-0.1, -0.05) is 60.7 Å². The van der Waals surface area contributed by atoms with E-state index in [1.165, 1.54) is 6.07 Å². The SMILES string of the molecule is CC(C)OC(=O)CC(NC(=O)Cc1ccc2ccccc2c1)c1ccccc1[N+](=O)[O-]. The van der Waals surface area contributed by atoms with Crippen molar-refractivity contribution in [1.29, 1.82) is 0 Å². The Kier molecular flexibility index (Phi) is 6.97. The van der Waals surface area contributed by atoms with Crippen LogP contribution in [0.1, 0.15) is 37.4 Å². The number of para-hydroxylation sites is 1. The second kappa shape index (κ2) is 9.84. The largest absolute Gasteiger partial charge is 0.463 e. The summed E-state index contributed by atoms with van der Waals surface area (Å²) in [6.45, 7) is 3.44. The van der Waals surface area contributed by atoms with Gasteiger partial charge in [-0.25, -0.2) is 0 Å². The van der Waals surface area contributed by atoms with Crippen LogP contribution in [0.15, 0.2) is 66.7 Å². The molecule has 1 N–H and O–H groups in total. The van der Waals surface area contributed by atoms with Crippen LogP contribution in [-0.4, -0.2) is 22.9 Å². The van der Waals surface area contributed by atoms with E-state index in [1.807, 2.05) is 42.5 Å². The summed E-state index contributed by atoms with van der Waals surface area (Å²) in [5, 5.41) is 16.3. The molecule has 0 radical (unpaired) electrons. The highest BCUT2D eigenvalue weighted by Crippen LogP contribution is 2.28. The number of esters is 1. The molecule has 7 nitrogen and oxygen atoms in total. The molecule has 1 amide bonds. The number of hydrogen-bond acceptors (Lipinski definition) is 5. The van der Waals surface area contributed by atoms with Crippen LogP contribution in [0.2, 0.25) is 0 Å². The van der Waals surface area contributed by atoms with Crippen molar-refractivity contribution in [2.45, 2.75) is 38.8 Å². The molecule has 0 aliphatic heterocycles. The minimum absolute atomic E-state index is 0.0845.